The van der Waals surface area contributed by atoms with E-state index in [9.17, 15) is 28.9 Å². The summed E-state index contributed by atoms with van der Waals surface area (Å²) in [7, 11) is -4.95. The van der Waals surface area contributed by atoms with Crippen molar-refractivity contribution >= 4 is 25.7 Å². The first-order chi connectivity index (χ1) is 29.1. The molecule has 0 aromatic rings. The molecule has 0 rings (SSSR count). The zero-order valence-corrected chi connectivity index (χ0v) is 39.8. The summed E-state index contributed by atoms with van der Waals surface area (Å²) in [5.41, 5.74) is 0. The number of rotatable bonds is 47. The monoisotopic (exact) mass is 876 g/mol. The second-order valence-corrected chi connectivity index (χ2v) is 18.4. The second-order valence-electron chi connectivity index (χ2n) is 17.0. The summed E-state index contributed by atoms with van der Waals surface area (Å²) in [6.07, 6.45) is 36.2. The van der Waals surface area contributed by atoms with E-state index in [1.54, 1.807) is 0 Å². The number of phosphoric acid groups is 1. The lowest BCUT2D eigenvalue weighted by atomic mass is 10.1. The minimum atomic E-state index is -4.95. The fraction of sp³-hybridized carbons (Fsp3) is 0.938. The van der Waals surface area contributed by atoms with Crippen LogP contribution in [0.15, 0.2) is 0 Å². The number of hydrogen-bond donors (Lipinski definition) is 1. The fourth-order valence-electron chi connectivity index (χ4n) is 7.12. The molecule has 1 unspecified atom stereocenters. The van der Waals surface area contributed by atoms with Crippen LogP contribution >= 0.6 is 7.82 Å². The van der Waals surface area contributed by atoms with Gasteiger partial charge >= 0.3 is 17.9 Å². The van der Waals surface area contributed by atoms with E-state index in [1.165, 1.54) is 135 Å². The molecule has 0 saturated carbocycles. The van der Waals surface area contributed by atoms with Gasteiger partial charge in [-0.05, 0) is 19.3 Å². The molecule has 3 atom stereocenters. The summed E-state index contributed by atoms with van der Waals surface area (Å²) in [6.45, 7) is 4.62. The second kappa shape index (κ2) is 44.1. The molecule has 356 valence electrons. The van der Waals surface area contributed by atoms with Crippen LogP contribution in [0.3, 0.4) is 0 Å². The van der Waals surface area contributed by atoms with E-state index in [0.29, 0.717) is 19.3 Å². The van der Waals surface area contributed by atoms with Crippen molar-refractivity contribution in [1.82, 2.24) is 0 Å². The maximum absolute atomic E-state index is 12.7. The van der Waals surface area contributed by atoms with Gasteiger partial charge in [0.05, 0.1) is 13.2 Å². The first-order valence-corrected chi connectivity index (χ1v) is 26.4. The standard InChI is InChI=1S/C48H93O11P/c1-4-7-10-13-16-19-22-25-28-31-34-37-46(50)55-40-44(49)41-57-60(53,54)58-43-45(59-48(52)39-36-33-30-27-24-21-18-15-12-9-6-3)42-56-47(51)38-35-32-29-26-23-20-17-14-11-8-5-2/h44-45,49H,4-43H2,1-3H3,(H,53,54)/p-1/t44-,45+/m0/s1. The smallest absolute Gasteiger partial charge is 0.306 e. The number of aliphatic hydroxyl groups excluding tert-OH is 1. The van der Waals surface area contributed by atoms with E-state index < -0.39 is 57.8 Å². The van der Waals surface area contributed by atoms with Crippen molar-refractivity contribution in [3.05, 3.63) is 0 Å². The highest BCUT2D eigenvalue weighted by atomic mass is 31.2. The van der Waals surface area contributed by atoms with Gasteiger partial charge in [0.25, 0.3) is 7.82 Å². The topological polar surface area (TPSA) is 158 Å². The molecule has 0 aromatic heterocycles. The number of carbonyl (C=O) groups is 3. The molecule has 0 aliphatic rings. The predicted molar refractivity (Wildman–Crippen MR) is 241 cm³/mol. The van der Waals surface area contributed by atoms with E-state index >= 15 is 0 Å². The zero-order chi connectivity index (χ0) is 44.2. The number of hydrogen-bond acceptors (Lipinski definition) is 11. The van der Waals surface area contributed by atoms with Gasteiger partial charge < -0.3 is 33.3 Å². The Bertz CT molecular complexity index is 1030. The molecule has 0 fully saturated rings. The van der Waals surface area contributed by atoms with Crippen molar-refractivity contribution < 1.29 is 52.2 Å². The summed E-state index contributed by atoms with van der Waals surface area (Å²) < 4.78 is 38.4. The lowest BCUT2D eigenvalue weighted by Crippen LogP contribution is -2.31. The van der Waals surface area contributed by atoms with E-state index in [-0.39, 0.29) is 25.9 Å². The molecule has 0 aliphatic heterocycles. The number of ether oxygens (including phenoxy) is 3. The van der Waals surface area contributed by atoms with Crippen molar-refractivity contribution in [1.29, 1.82) is 0 Å². The fourth-order valence-corrected chi connectivity index (χ4v) is 7.90. The lowest BCUT2D eigenvalue weighted by molar-refractivity contribution is -0.230. The Morgan fingerprint density at radius 3 is 1.05 bits per heavy atom. The quantitative estimate of drug-likeness (QED) is 0.0268. The first-order valence-electron chi connectivity index (χ1n) is 24.9. The number of aliphatic hydroxyl groups is 1. The minimum absolute atomic E-state index is 0.163. The van der Waals surface area contributed by atoms with Crippen LogP contribution in [0.1, 0.15) is 252 Å². The van der Waals surface area contributed by atoms with Gasteiger partial charge in [0.2, 0.25) is 0 Å². The molecule has 60 heavy (non-hydrogen) atoms. The maximum atomic E-state index is 12.7. The molecule has 0 aromatic carbocycles. The lowest BCUT2D eigenvalue weighted by Gasteiger charge is -2.26. The van der Waals surface area contributed by atoms with Gasteiger partial charge in [-0.2, -0.15) is 0 Å². The van der Waals surface area contributed by atoms with E-state index in [2.05, 4.69) is 20.8 Å². The number of unbranched alkanes of at least 4 members (excludes halogenated alkanes) is 30. The van der Waals surface area contributed by atoms with Crippen LogP contribution in [0.4, 0.5) is 0 Å². The third-order valence-corrected chi connectivity index (χ3v) is 11.9. The van der Waals surface area contributed by atoms with Crippen molar-refractivity contribution in [2.24, 2.45) is 0 Å². The molecule has 0 aliphatic carbocycles. The van der Waals surface area contributed by atoms with Gasteiger partial charge in [-0.15, -0.1) is 0 Å². The van der Waals surface area contributed by atoms with Crippen LogP contribution in [-0.4, -0.2) is 61.6 Å². The van der Waals surface area contributed by atoms with Crippen LogP contribution in [0, 0.1) is 0 Å². The van der Waals surface area contributed by atoms with Gasteiger partial charge in [-0.1, -0.05) is 213 Å². The maximum Gasteiger partial charge on any atom is 0.306 e. The highest BCUT2D eigenvalue weighted by Crippen LogP contribution is 2.38. The van der Waals surface area contributed by atoms with Gasteiger partial charge in [0.1, 0.15) is 19.3 Å². The van der Waals surface area contributed by atoms with Crippen LogP contribution in [0.2, 0.25) is 0 Å². The van der Waals surface area contributed by atoms with E-state index in [4.69, 9.17) is 23.3 Å². The highest BCUT2D eigenvalue weighted by Gasteiger charge is 2.22. The molecule has 0 bridgehead atoms. The Labute approximate surface area is 367 Å². The summed E-state index contributed by atoms with van der Waals surface area (Å²) in [5.74, 6) is -1.42. The van der Waals surface area contributed by atoms with Crippen molar-refractivity contribution in [3.8, 4) is 0 Å². The molecular weight excluding hydrogens is 783 g/mol. The molecule has 0 saturated heterocycles. The normalized spacial score (nSPS) is 13.5. The third kappa shape index (κ3) is 43.1. The average molecular weight is 876 g/mol. The molecular formula is C48H92O11P-. The minimum Gasteiger partial charge on any atom is -0.756 e. The predicted octanol–water partition coefficient (Wildman–Crippen LogP) is 13.0. The Morgan fingerprint density at radius 1 is 0.417 bits per heavy atom. The molecule has 1 N–H and O–H groups in total. The van der Waals surface area contributed by atoms with Crippen LogP contribution in [0.5, 0.6) is 0 Å². The summed E-state index contributed by atoms with van der Waals surface area (Å²) in [5, 5.41) is 10.2. The molecule has 0 radical (unpaired) electrons. The average Bonchev–Trinajstić information content (AvgIpc) is 3.23. The van der Waals surface area contributed by atoms with Crippen LogP contribution in [-0.2, 0) is 42.2 Å². The Morgan fingerprint density at radius 2 is 0.700 bits per heavy atom. The molecule has 0 spiro atoms. The Balaban J connectivity index is 4.57. The van der Waals surface area contributed by atoms with Crippen molar-refractivity contribution in [2.75, 3.05) is 26.4 Å². The Hall–Kier alpha value is -1.52. The molecule has 0 heterocycles. The zero-order valence-electron chi connectivity index (χ0n) is 38.9. The van der Waals surface area contributed by atoms with E-state index in [1.807, 2.05) is 0 Å². The molecule has 12 heteroatoms. The van der Waals surface area contributed by atoms with Crippen molar-refractivity contribution in [2.45, 2.75) is 264 Å². The van der Waals surface area contributed by atoms with Gasteiger partial charge in [0, 0.05) is 19.3 Å². The molecule has 11 nitrogen and oxygen atoms in total. The van der Waals surface area contributed by atoms with Gasteiger partial charge in [-0.25, -0.2) is 0 Å². The van der Waals surface area contributed by atoms with Crippen LogP contribution in [0.25, 0.3) is 0 Å². The largest absolute Gasteiger partial charge is 0.756 e. The molecule has 0 amide bonds. The van der Waals surface area contributed by atoms with Gasteiger partial charge in [-0.3, -0.25) is 18.9 Å². The summed E-state index contributed by atoms with van der Waals surface area (Å²) in [4.78, 5) is 49.9. The van der Waals surface area contributed by atoms with Gasteiger partial charge in [0.15, 0.2) is 6.10 Å². The number of phosphoric ester groups is 1. The Kier molecular flexibility index (Phi) is 43.0. The SMILES string of the molecule is CCCCCCCCCCCCCC(=O)OC[C@H](O)COP(=O)([O-])OC[C@@H](COC(=O)CCCCCCCCCCCCC)OC(=O)CCCCCCCCCCCCC. The van der Waals surface area contributed by atoms with Crippen LogP contribution < -0.4 is 4.89 Å². The number of esters is 3. The van der Waals surface area contributed by atoms with E-state index in [0.717, 1.165) is 57.8 Å². The number of carbonyl (C=O) groups excluding carboxylic acids is 3. The highest BCUT2D eigenvalue weighted by molar-refractivity contribution is 7.45. The van der Waals surface area contributed by atoms with Crippen molar-refractivity contribution in [3.63, 3.8) is 0 Å². The first kappa shape index (κ1) is 58.5. The summed E-state index contributed by atoms with van der Waals surface area (Å²) in [6, 6.07) is 0. The third-order valence-electron chi connectivity index (χ3n) is 11.0. The summed E-state index contributed by atoms with van der Waals surface area (Å²) >= 11 is 0.